The van der Waals surface area contributed by atoms with Gasteiger partial charge in [0.1, 0.15) is 5.82 Å². The highest BCUT2D eigenvalue weighted by molar-refractivity contribution is 5.92. The zero-order chi connectivity index (χ0) is 23.9. The van der Waals surface area contributed by atoms with Gasteiger partial charge in [0.15, 0.2) is 11.5 Å². The molecule has 0 aliphatic rings. The number of carbonyl (C=O) groups excluding carboxylic acids is 2. The summed E-state index contributed by atoms with van der Waals surface area (Å²) in [6.07, 6.45) is 1.65. The second kappa shape index (κ2) is 10.4. The van der Waals surface area contributed by atoms with E-state index in [1.807, 2.05) is 42.5 Å². The first-order chi connectivity index (χ1) is 16.5. The highest BCUT2D eigenvalue weighted by Gasteiger charge is 2.13. The van der Waals surface area contributed by atoms with E-state index < -0.39 is 11.8 Å². The molecule has 0 heterocycles. The molecule has 0 bridgehead atoms. The number of benzene rings is 4. The van der Waals surface area contributed by atoms with Crippen LogP contribution in [0.3, 0.4) is 0 Å². The predicted octanol–water partition coefficient (Wildman–Crippen LogP) is 4.90. The van der Waals surface area contributed by atoms with E-state index >= 15 is 0 Å². The summed E-state index contributed by atoms with van der Waals surface area (Å²) in [6.45, 7) is 0. The van der Waals surface area contributed by atoms with E-state index in [0.717, 1.165) is 22.4 Å². The van der Waals surface area contributed by atoms with Crippen LogP contribution >= 0.6 is 0 Å². The number of esters is 1. The van der Waals surface area contributed by atoms with E-state index in [0.29, 0.717) is 5.56 Å². The summed E-state index contributed by atoms with van der Waals surface area (Å²) in [5.74, 6) is -1.03. The second-order valence-electron chi connectivity index (χ2n) is 7.42. The standard InChI is InChI=1S/C27H21FN2O4/c1-33-25-14-18(12-13-24(25)34-27(32)21-9-5-10-22(28)15-21)17-29-30-26(31)16-20-8-4-7-19-6-2-3-11-23(19)20/h2-15,17H,16H2,1H3,(H,30,31). The summed E-state index contributed by atoms with van der Waals surface area (Å²) in [5, 5.41) is 6.11. The number of ether oxygens (including phenoxy) is 2. The third-order valence-electron chi connectivity index (χ3n) is 5.08. The number of nitrogens with zero attached hydrogens (tertiary/aromatic N) is 1. The highest BCUT2D eigenvalue weighted by atomic mass is 19.1. The molecule has 1 N–H and O–H groups in total. The van der Waals surface area contributed by atoms with Crippen molar-refractivity contribution in [2.45, 2.75) is 6.42 Å². The molecule has 1 amide bonds. The van der Waals surface area contributed by atoms with E-state index in [2.05, 4.69) is 10.5 Å². The molecule has 6 nitrogen and oxygen atoms in total. The molecule has 0 aromatic heterocycles. The molecule has 0 aliphatic carbocycles. The topological polar surface area (TPSA) is 77.0 Å². The number of rotatable bonds is 7. The maximum atomic E-state index is 13.4. The van der Waals surface area contributed by atoms with E-state index in [1.165, 1.54) is 37.6 Å². The third-order valence-corrected chi connectivity index (χ3v) is 5.08. The lowest BCUT2D eigenvalue weighted by Crippen LogP contribution is -2.19. The zero-order valence-corrected chi connectivity index (χ0v) is 18.3. The molecular weight excluding hydrogens is 435 g/mol. The molecule has 7 heteroatoms. The van der Waals surface area contributed by atoms with Crippen molar-refractivity contribution in [1.29, 1.82) is 0 Å². The Morgan fingerprint density at radius 2 is 1.74 bits per heavy atom. The Hall–Kier alpha value is -4.52. The lowest BCUT2D eigenvalue weighted by atomic mass is 10.0. The van der Waals surface area contributed by atoms with Gasteiger partial charge in [-0.1, -0.05) is 48.5 Å². The monoisotopic (exact) mass is 456 g/mol. The normalized spacial score (nSPS) is 10.9. The van der Waals surface area contributed by atoms with Crippen LogP contribution in [0.1, 0.15) is 21.5 Å². The largest absolute Gasteiger partial charge is 0.493 e. The smallest absolute Gasteiger partial charge is 0.343 e. The lowest BCUT2D eigenvalue weighted by molar-refractivity contribution is -0.120. The Morgan fingerprint density at radius 3 is 2.56 bits per heavy atom. The number of nitrogens with one attached hydrogen (secondary N) is 1. The highest BCUT2D eigenvalue weighted by Crippen LogP contribution is 2.28. The first-order valence-corrected chi connectivity index (χ1v) is 10.5. The molecule has 0 aliphatic heterocycles. The van der Waals surface area contributed by atoms with Crippen molar-refractivity contribution in [3.8, 4) is 11.5 Å². The molecule has 4 aromatic carbocycles. The van der Waals surface area contributed by atoms with E-state index in [4.69, 9.17) is 9.47 Å². The summed E-state index contributed by atoms with van der Waals surface area (Å²) >= 11 is 0. The van der Waals surface area contributed by atoms with Gasteiger partial charge < -0.3 is 9.47 Å². The number of amides is 1. The molecule has 0 unspecified atom stereocenters. The van der Waals surface area contributed by atoms with Gasteiger partial charge in [-0.2, -0.15) is 5.10 Å². The average molecular weight is 456 g/mol. The third kappa shape index (κ3) is 5.45. The van der Waals surface area contributed by atoms with E-state index in [9.17, 15) is 14.0 Å². The molecule has 34 heavy (non-hydrogen) atoms. The van der Waals surface area contributed by atoms with Gasteiger partial charge in [-0.05, 0) is 58.3 Å². The fourth-order valence-corrected chi connectivity index (χ4v) is 3.46. The Kier molecular flexibility index (Phi) is 6.93. The average Bonchev–Trinajstić information content (AvgIpc) is 2.85. The number of fused-ring (bicyclic) bond motifs is 1. The van der Waals surface area contributed by atoms with Crippen LogP contribution in [0.25, 0.3) is 10.8 Å². The van der Waals surface area contributed by atoms with E-state index in [-0.39, 0.29) is 29.4 Å². The van der Waals surface area contributed by atoms with Crippen molar-refractivity contribution < 1.29 is 23.5 Å². The SMILES string of the molecule is COc1cc(C=NNC(=O)Cc2cccc3ccccc23)ccc1OC(=O)c1cccc(F)c1. The minimum absolute atomic E-state index is 0.0848. The van der Waals surface area contributed by atoms with Crippen LogP contribution in [0.2, 0.25) is 0 Å². The van der Waals surface area contributed by atoms with Gasteiger partial charge in [-0.15, -0.1) is 0 Å². The van der Waals surface area contributed by atoms with Crippen LogP contribution in [0.5, 0.6) is 11.5 Å². The maximum absolute atomic E-state index is 13.4. The first kappa shape index (κ1) is 22.7. The van der Waals surface area contributed by atoms with Gasteiger partial charge in [0, 0.05) is 0 Å². The van der Waals surface area contributed by atoms with Crippen LogP contribution in [0.15, 0.2) is 90.0 Å². The van der Waals surface area contributed by atoms with Crippen molar-refractivity contribution in [1.82, 2.24) is 5.43 Å². The summed E-state index contributed by atoms with van der Waals surface area (Å²) < 4.78 is 24.0. The van der Waals surface area contributed by atoms with Gasteiger partial charge in [0.2, 0.25) is 5.91 Å². The van der Waals surface area contributed by atoms with Crippen LogP contribution in [-0.4, -0.2) is 25.2 Å². The number of hydrogen-bond acceptors (Lipinski definition) is 5. The quantitative estimate of drug-likeness (QED) is 0.186. The predicted molar refractivity (Wildman–Crippen MR) is 128 cm³/mol. The van der Waals surface area contributed by atoms with Crippen molar-refractivity contribution in [2.75, 3.05) is 7.11 Å². The zero-order valence-electron chi connectivity index (χ0n) is 18.3. The molecule has 0 saturated carbocycles. The number of hydrazone groups is 1. The lowest BCUT2D eigenvalue weighted by Gasteiger charge is -2.10. The fourth-order valence-electron chi connectivity index (χ4n) is 3.46. The Morgan fingerprint density at radius 1 is 0.941 bits per heavy atom. The van der Waals surface area contributed by atoms with Crippen molar-refractivity contribution in [3.05, 3.63) is 107 Å². The molecule has 4 rings (SSSR count). The van der Waals surface area contributed by atoms with Crippen LogP contribution < -0.4 is 14.9 Å². The Labute approximate surface area is 195 Å². The van der Waals surface area contributed by atoms with Gasteiger partial charge in [0.05, 0.1) is 25.3 Å². The molecule has 170 valence electrons. The Bertz CT molecular complexity index is 1380. The van der Waals surface area contributed by atoms with Gasteiger partial charge in [0.25, 0.3) is 0 Å². The number of carbonyl (C=O) groups is 2. The van der Waals surface area contributed by atoms with Crippen molar-refractivity contribution >= 4 is 28.9 Å². The van der Waals surface area contributed by atoms with Gasteiger partial charge in [-0.25, -0.2) is 14.6 Å². The summed E-state index contributed by atoms with van der Waals surface area (Å²) in [6, 6.07) is 23.7. The van der Waals surface area contributed by atoms with E-state index in [1.54, 1.807) is 12.1 Å². The Balaban J connectivity index is 1.40. The first-order valence-electron chi connectivity index (χ1n) is 10.5. The minimum atomic E-state index is -0.708. The van der Waals surface area contributed by atoms with Gasteiger partial charge in [-0.3, -0.25) is 4.79 Å². The minimum Gasteiger partial charge on any atom is -0.493 e. The number of methoxy groups -OCH3 is 1. The summed E-state index contributed by atoms with van der Waals surface area (Å²) in [4.78, 5) is 24.6. The van der Waals surface area contributed by atoms with Crippen LogP contribution in [0.4, 0.5) is 4.39 Å². The fraction of sp³-hybridized carbons (Fsp3) is 0.0741. The molecule has 0 atom stereocenters. The number of halogens is 1. The molecule has 0 saturated heterocycles. The molecular formula is C27H21FN2O4. The number of hydrogen-bond donors (Lipinski definition) is 1. The van der Waals surface area contributed by atoms with Crippen molar-refractivity contribution in [3.63, 3.8) is 0 Å². The maximum Gasteiger partial charge on any atom is 0.343 e. The second-order valence-corrected chi connectivity index (χ2v) is 7.42. The van der Waals surface area contributed by atoms with Crippen LogP contribution in [-0.2, 0) is 11.2 Å². The van der Waals surface area contributed by atoms with Crippen LogP contribution in [0, 0.1) is 5.82 Å². The van der Waals surface area contributed by atoms with Gasteiger partial charge >= 0.3 is 5.97 Å². The summed E-state index contributed by atoms with van der Waals surface area (Å²) in [7, 11) is 1.43. The molecule has 4 aromatic rings. The summed E-state index contributed by atoms with van der Waals surface area (Å²) in [5.41, 5.74) is 4.14. The molecule has 0 fully saturated rings. The molecule has 0 spiro atoms. The molecule has 0 radical (unpaired) electrons. The van der Waals surface area contributed by atoms with Crippen molar-refractivity contribution in [2.24, 2.45) is 5.10 Å².